The van der Waals surface area contributed by atoms with Crippen LogP contribution in [0.25, 0.3) is 11.1 Å². The van der Waals surface area contributed by atoms with E-state index in [9.17, 15) is 8.78 Å². The highest BCUT2D eigenvalue weighted by Crippen LogP contribution is 2.26. The summed E-state index contributed by atoms with van der Waals surface area (Å²) in [4.78, 5) is 3.76. The molecule has 2 aromatic rings. The van der Waals surface area contributed by atoms with Crippen LogP contribution in [0.4, 0.5) is 8.78 Å². The van der Waals surface area contributed by atoms with Crippen LogP contribution < -0.4 is 0 Å². The number of rotatable bonds is 2. The van der Waals surface area contributed by atoms with Gasteiger partial charge in [0.25, 0.3) is 0 Å². The van der Waals surface area contributed by atoms with Crippen LogP contribution in [-0.2, 0) is 5.88 Å². The van der Waals surface area contributed by atoms with Gasteiger partial charge < -0.3 is 0 Å². The Kier molecular flexibility index (Phi) is 3.15. The van der Waals surface area contributed by atoms with Crippen LogP contribution in [0.5, 0.6) is 0 Å². The molecule has 1 aromatic carbocycles. The third-order valence-corrected chi connectivity index (χ3v) is 2.56. The summed E-state index contributed by atoms with van der Waals surface area (Å²) >= 11 is 5.68. The molecule has 1 heterocycles. The molecule has 0 saturated heterocycles. The van der Waals surface area contributed by atoms with Crippen molar-refractivity contribution in [2.45, 2.75) is 5.88 Å². The molecule has 0 bridgehead atoms. The molecule has 0 unspecified atom stereocenters. The molecular weight excluding hydrogens is 232 g/mol. The molecule has 4 heteroatoms. The summed E-state index contributed by atoms with van der Waals surface area (Å²) < 4.78 is 26.1. The molecular formula is C12H8ClF2N. The van der Waals surface area contributed by atoms with E-state index in [1.807, 2.05) is 0 Å². The molecule has 2 rings (SSSR count). The highest BCUT2D eigenvalue weighted by Gasteiger charge is 2.09. The Labute approximate surface area is 96.7 Å². The first-order valence-corrected chi connectivity index (χ1v) is 5.20. The summed E-state index contributed by atoms with van der Waals surface area (Å²) in [7, 11) is 0. The van der Waals surface area contributed by atoms with Gasteiger partial charge in [0.1, 0.15) is 11.6 Å². The largest absolute Gasteiger partial charge is 0.261 e. The number of halogens is 3. The van der Waals surface area contributed by atoms with E-state index in [1.165, 1.54) is 18.3 Å². The number of benzene rings is 1. The molecule has 16 heavy (non-hydrogen) atoms. The number of nitrogens with zero attached hydrogens (tertiary/aromatic N) is 1. The highest BCUT2D eigenvalue weighted by atomic mass is 35.5. The molecule has 82 valence electrons. The zero-order chi connectivity index (χ0) is 11.5. The summed E-state index contributed by atoms with van der Waals surface area (Å²) in [5.41, 5.74) is 1.67. The Morgan fingerprint density at radius 1 is 1.06 bits per heavy atom. The lowest BCUT2D eigenvalue weighted by molar-refractivity contribution is 0.611. The van der Waals surface area contributed by atoms with Gasteiger partial charge in [-0.25, -0.2) is 8.78 Å². The summed E-state index contributed by atoms with van der Waals surface area (Å²) in [5, 5.41) is 0. The number of aromatic nitrogens is 1. The third kappa shape index (κ3) is 2.04. The van der Waals surface area contributed by atoms with Crippen molar-refractivity contribution in [3.05, 3.63) is 53.9 Å². The summed E-state index contributed by atoms with van der Waals surface area (Å²) in [6, 6.07) is 5.78. The lowest BCUT2D eigenvalue weighted by Crippen LogP contribution is -1.93. The molecule has 0 saturated carbocycles. The molecule has 0 aliphatic carbocycles. The van der Waals surface area contributed by atoms with E-state index in [0.717, 1.165) is 6.20 Å². The van der Waals surface area contributed by atoms with Gasteiger partial charge in [-0.1, -0.05) is 12.1 Å². The number of pyridine rings is 1. The summed E-state index contributed by atoms with van der Waals surface area (Å²) in [6.07, 6.45) is 2.64. The van der Waals surface area contributed by atoms with E-state index < -0.39 is 5.82 Å². The van der Waals surface area contributed by atoms with Crippen molar-refractivity contribution in [3.8, 4) is 11.1 Å². The average molecular weight is 240 g/mol. The first-order valence-electron chi connectivity index (χ1n) is 4.66. The fourth-order valence-electron chi connectivity index (χ4n) is 1.48. The number of hydrogen-bond donors (Lipinski definition) is 0. The molecule has 0 spiro atoms. The Balaban J connectivity index is 2.55. The van der Waals surface area contributed by atoms with E-state index in [0.29, 0.717) is 16.7 Å². The van der Waals surface area contributed by atoms with Crippen LogP contribution in [0.15, 0.2) is 36.7 Å². The van der Waals surface area contributed by atoms with Gasteiger partial charge in [-0.2, -0.15) is 0 Å². The van der Waals surface area contributed by atoms with Crippen molar-refractivity contribution in [3.63, 3.8) is 0 Å². The predicted octanol–water partition coefficient (Wildman–Crippen LogP) is 3.77. The van der Waals surface area contributed by atoms with E-state index in [4.69, 9.17) is 11.6 Å². The lowest BCUT2D eigenvalue weighted by atomic mass is 10.0. The van der Waals surface area contributed by atoms with Gasteiger partial charge in [-0.05, 0) is 17.7 Å². The van der Waals surface area contributed by atoms with Crippen molar-refractivity contribution >= 4 is 11.6 Å². The van der Waals surface area contributed by atoms with Crippen molar-refractivity contribution in [2.24, 2.45) is 0 Å². The van der Waals surface area contributed by atoms with Crippen molar-refractivity contribution in [1.29, 1.82) is 0 Å². The maximum Gasteiger partial charge on any atom is 0.146 e. The van der Waals surface area contributed by atoms with Gasteiger partial charge >= 0.3 is 0 Å². The van der Waals surface area contributed by atoms with Gasteiger partial charge in [0.2, 0.25) is 0 Å². The van der Waals surface area contributed by atoms with E-state index in [2.05, 4.69) is 4.98 Å². The van der Waals surface area contributed by atoms with Crippen LogP contribution in [0.3, 0.4) is 0 Å². The van der Waals surface area contributed by atoms with Gasteiger partial charge in [0.15, 0.2) is 0 Å². The normalized spacial score (nSPS) is 10.4. The van der Waals surface area contributed by atoms with Gasteiger partial charge in [0.05, 0.1) is 12.1 Å². The maximum atomic E-state index is 13.4. The van der Waals surface area contributed by atoms with Crippen molar-refractivity contribution < 1.29 is 8.78 Å². The summed E-state index contributed by atoms with van der Waals surface area (Å²) in [6.45, 7) is 0. The maximum absolute atomic E-state index is 13.4. The monoisotopic (exact) mass is 239 g/mol. The fourth-order valence-corrected chi connectivity index (χ4v) is 1.75. The summed E-state index contributed by atoms with van der Waals surface area (Å²) in [5.74, 6) is -0.724. The van der Waals surface area contributed by atoms with E-state index in [1.54, 1.807) is 12.1 Å². The quantitative estimate of drug-likeness (QED) is 0.727. The Bertz CT molecular complexity index is 497. The molecule has 0 N–H and O–H groups in total. The Morgan fingerprint density at radius 3 is 2.38 bits per heavy atom. The predicted molar refractivity (Wildman–Crippen MR) is 59.1 cm³/mol. The smallest absolute Gasteiger partial charge is 0.146 e. The zero-order valence-electron chi connectivity index (χ0n) is 8.25. The van der Waals surface area contributed by atoms with Crippen LogP contribution in [0, 0.1) is 11.6 Å². The van der Waals surface area contributed by atoms with Crippen LogP contribution in [0.1, 0.15) is 5.56 Å². The molecule has 0 fully saturated rings. The first-order chi connectivity index (χ1) is 7.72. The molecule has 0 atom stereocenters. The number of alkyl halides is 1. The van der Waals surface area contributed by atoms with Crippen LogP contribution >= 0.6 is 11.6 Å². The average Bonchev–Trinajstić information content (AvgIpc) is 2.30. The molecule has 0 aliphatic heterocycles. The van der Waals surface area contributed by atoms with Crippen molar-refractivity contribution in [1.82, 2.24) is 4.98 Å². The highest BCUT2D eigenvalue weighted by molar-refractivity contribution is 6.17. The van der Waals surface area contributed by atoms with Gasteiger partial charge in [0, 0.05) is 17.3 Å². The minimum Gasteiger partial charge on any atom is -0.261 e. The fraction of sp³-hybridized carbons (Fsp3) is 0.0833. The zero-order valence-corrected chi connectivity index (χ0v) is 9.01. The topological polar surface area (TPSA) is 12.9 Å². The minimum atomic E-state index is -0.447. The SMILES string of the molecule is Fc1ccc(-c2cncc(F)c2CCl)cc1. The second-order valence-electron chi connectivity index (χ2n) is 3.29. The molecule has 0 aliphatic rings. The lowest BCUT2D eigenvalue weighted by Gasteiger charge is -2.07. The Hall–Kier alpha value is -1.48. The second-order valence-corrected chi connectivity index (χ2v) is 3.56. The van der Waals surface area contributed by atoms with Crippen LogP contribution in [0.2, 0.25) is 0 Å². The first kappa shape index (κ1) is 11.0. The minimum absolute atomic E-state index is 0.0566. The number of hydrogen-bond acceptors (Lipinski definition) is 1. The molecule has 0 radical (unpaired) electrons. The van der Waals surface area contributed by atoms with Gasteiger partial charge in [-0.15, -0.1) is 11.6 Å². The standard InChI is InChI=1S/C12H8ClF2N/c13-5-10-11(6-16-7-12(10)15)8-1-3-9(14)4-2-8/h1-4,6-7H,5H2. The third-order valence-electron chi connectivity index (χ3n) is 2.29. The van der Waals surface area contributed by atoms with E-state index >= 15 is 0 Å². The van der Waals surface area contributed by atoms with E-state index in [-0.39, 0.29) is 11.7 Å². The Morgan fingerprint density at radius 2 is 1.75 bits per heavy atom. The van der Waals surface area contributed by atoms with Gasteiger partial charge in [-0.3, -0.25) is 4.98 Å². The molecule has 1 nitrogen and oxygen atoms in total. The molecule has 1 aromatic heterocycles. The second kappa shape index (κ2) is 4.58. The van der Waals surface area contributed by atoms with Crippen LogP contribution in [-0.4, -0.2) is 4.98 Å². The molecule has 0 amide bonds. The van der Waals surface area contributed by atoms with Crippen molar-refractivity contribution in [2.75, 3.05) is 0 Å².